The first kappa shape index (κ1) is 14.4. The largest absolute Gasteiger partial charge is 0.491 e. The lowest BCUT2D eigenvalue weighted by Gasteiger charge is -2.10. The quantitative estimate of drug-likeness (QED) is 0.591. The van der Waals surface area contributed by atoms with Gasteiger partial charge in [-0.1, -0.05) is 0 Å². The van der Waals surface area contributed by atoms with E-state index in [9.17, 15) is 17.6 Å². The summed E-state index contributed by atoms with van der Waals surface area (Å²) in [6.07, 6.45) is -3.92. The third kappa shape index (κ3) is 2.49. The molecule has 2 aromatic rings. The van der Waals surface area contributed by atoms with Crippen LogP contribution in [0.4, 0.5) is 17.6 Å². The first-order valence-corrected chi connectivity index (χ1v) is 5.23. The molecule has 6 nitrogen and oxygen atoms in total. The molecule has 0 spiro atoms. The summed E-state index contributed by atoms with van der Waals surface area (Å²) in [5.74, 6) is -3.82. The molecule has 0 radical (unpaired) electrons. The lowest BCUT2D eigenvalue weighted by atomic mass is 9.80. The van der Waals surface area contributed by atoms with Crippen LogP contribution in [0.2, 0.25) is 0 Å². The third-order valence-corrected chi connectivity index (χ3v) is 2.35. The van der Waals surface area contributed by atoms with Gasteiger partial charge in [0.05, 0.1) is 0 Å². The summed E-state index contributed by atoms with van der Waals surface area (Å²) in [6.45, 7) is 1.20. The molecular formula is C9H7BF4N4O2. The zero-order valence-electron chi connectivity index (χ0n) is 9.93. The molecule has 0 saturated carbocycles. The molecule has 2 heterocycles. The van der Waals surface area contributed by atoms with Crippen LogP contribution >= 0.6 is 0 Å². The molecule has 0 aliphatic carbocycles. The number of aryl methyl sites for hydroxylation is 1. The molecule has 2 rings (SSSR count). The summed E-state index contributed by atoms with van der Waals surface area (Å²) in [6, 6.07) is 0.931. The van der Waals surface area contributed by atoms with Crippen molar-refractivity contribution in [2.45, 2.75) is 13.1 Å². The molecule has 0 unspecified atom stereocenters. The minimum atomic E-state index is -4.86. The number of pyridine rings is 1. The Morgan fingerprint density at radius 1 is 1.30 bits per heavy atom. The maximum atomic E-state index is 13.9. The topological polar surface area (TPSA) is 84.1 Å². The molecule has 11 heteroatoms. The fourth-order valence-corrected chi connectivity index (χ4v) is 1.54. The predicted octanol–water partition coefficient (Wildman–Crippen LogP) is -0.192. The van der Waals surface area contributed by atoms with Crippen LogP contribution in [0.3, 0.4) is 0 Å². The summed E-state index contributed by atoms with van der Waals surface area (Å²) >= 11 is 0. The van der Waals surface area contributed by atoms with Gasteiger partial charge in [0.2, 0.25) is 5.82 Å². The number of halogens is 4. The van der Waals surface area contributed by atoms with Crippen molar-refractivity contribution in [3.8, 4) is 5.82 Å². The highest BCUT2D eigenvalue weighted by Gasteiger charge is 2.39. The highest BCUT2D eigenvalue weighted by molar-refractivity contribution is 6.58. The second-order valence-electron chi connectivity index (χ2n) is 3.80. The zero-order valence-corrected chi connectivity index (χ0v) is 9.93. The Hall–Kier alpha value is -2.01. The van der Waals surface area contributed by atoms with Crippen LogP contribution in [0.5, 0.6) is 0 Å². The van der Waals surface area contributed by atoms with Crippen LogP contribution in [-0.4, -0.2) is 36.9 Å². The summed E-state index contributed by atoms with van der Waals surface area (Å²) in [7, 11) is -2.18. The first-order valence-electron chi connectivity index (χ1n) is 5.23. The number of hydrogen-bond acceptors (Lipinski definition) is 5. The Morgan fingerprint density at radius 3 is 2.50 bits per heavy atom. The van der Waals surface area contributed by atoms with Gasteiger partial charge in [0.15, 0.2) is 11.6 Å². The van der Waals surface area contributed by atoms with E-state index in [1.807, 2.05) is 0 Å². The molecule has 0 aliphatic heterocycles. The molecule has 0 bridgehead atoms. The molecule has 0 fully saturated rings. The third-order valence-electron chi connectivity index (χ3n) is 2.35. The summed E-state index contributed by atoms with van der Waals surface area (Å²) in [5, 5.41) is 21.3. The highest BCUT2D eigenvalue weighted by atomic mass is 19.4. The predicted molar refractivity (Wildman–Crippen MR) is 58.7 cm³/mol. The van der Waals surface area contributed by atoms with Crippen molar-refractivity contribution in [1.82, 2.24) is 19.7 Å². The normalized spacial score (nSPS) is 11.8. The van der Waals surface area contributed by atoms with Crippen LogP contribution in [0.15, 0.2) is 12.3 Å². The van der Waals surface area contributed by atoms with E-state index in [4.69, 9.17) is 10.0 Å². The molecule has 0 saturated heterocycles. The maximum Gasteiger partial charge on any atom is 0.491 e. The van der Waals surface area contributed by atoms with Crippen LogP contribution in [-0.2, 0) is 6.18 Å². The van der Waals surface area contributed by atoms with Crippen molar-refractivity contribution >= 4 is 12.6 Å². The zero-order chi connectivity index (χ0) is 15.1. The Balaban J connectivity index is 2.67. The van der Waals surface area contributed by atoms with Crippen molar-refractivity contribution in [1.29, 1.82) is 0 Å². The van der Waals surface area contributed by atoms with E-state index in [0.29, 0.717) is 0 Å². The van der Waals surface area contributed by atoms with Gasteiger partial charge in [-0.15, -0.1) is 5.10 Å². The van der Waals surface area contributed by atoms with E-state index < -0.39 is 36.2 Å². The van der Waals surface area contributed by atoms with Gasteiger partial charge in [-0.3, -0.25) is 0 Å². The second kappa shape index (κ2) is 4.83. The van der Waals surface area contributed by atoms with Crippen LogP contribution in [0.25, 0.3) is 5.82 Å². The van der Waals surface area contributed by atoms with Crippen LogP contribution in [0.1, 0.15) is 11.6 Å². The van der Waals surface area contributed by atoms with Crippen LogP contribution < -0.4 is 5.46 Å². The summed E-state index contributed by atoms with van der Waals surface area (Å²) in [4.78, 5) is 6.61. The lowest BCUT2D eigenvalue weighted by Crippen LogP contribution is -2.34. The first-order chi connectivity index (χ1) is 9.21. The van der Waals surface area contributed by atoms with Gasteiger partial charge in [-0.2, -0.15) is 17.9 Å². The van der Waals surface area contributed by atoms with Gasteiger partial charge in [-0.05, 0) is 13.0 Å². The molecule has 106 valence electrons. The van der Waals surface area contributed by atoms with Gasteiger partial charge in [0.25, 0.3) is 0 Å². The van der Waals surface area contributed by atoms with E-state index >= 15 is 0 Å². The minimum absolute atomic E-state index is 0.177. The molecule has 0 amide bonds. The van der Waals surface area contributed by atoms with Crippen molar-refractivity contribution in [2.24, 2.45) is 0 Å². The Labute approximate surface area is 109 Å². The van der Waals surface area contributed by atoms with E-state index in [1.165, 1.54) is 6.92 Å². The molecule has 0 aliphatic rings. The smallest absolute Gasteiger partial charge is 0.423 e. The lowest BCUT2D eigenvalue weighted by molar-refractivity contribution is -0.146. The Bertz CT molecular complexity index is 643. The molecular weight excluding hydrogens is 283 g/mol. The molecule has 20 heavy (non-hydrogen) atoms. The van der Waals surface area contributed by atoms with E-state index in [2.05, 4.69) is 15.1 Å². The van der Waals surface area contributed by atoms with Gasteiger partial charge >= 0.3 is 13.3 Å². The summed E-state index contributed by atoms with van der Waals surface area (Å²) < 4.78 is 52.4. The van der Waals surface area contributed by atoms with Crippen molar-refractivity contribution in [3.05, 3.63) is 29.7 Å². The van der Waals surface area contributed by atoms with E-state index in [0.717, 1.165) is 12.3 Å². The maximum absolute atomic E-state index is 13.9. The van der Waals surface area contributed by atoms with Crippen molar-refractivity contribution < 1.29 is 27.6 Å². The fraction of sp³-hybridized carbons (Fsp3) is 0.222. The number of alkyl halides is 3. The highest BCUT2D eigenvalue weighted by Crippen LogP contribution is 2.29. The SMILES string of the molecule is Cc1nc(C(F)(F)F)n(-c2nccc(B(O)O)c2F)n1. The van der Waals surface area contributed by atoms with Gasteiger partial charge in [0.1, 0.15) is 5.82 Å². The van der Waals surface area contributed by atoms with Gasteiger partial charge in [-0.25, -0.2) is 14.4 Å². The van der Waals surface area contributed by atoms with Crippen molar-refractivity contribution in [2.75, 3.05) is 0 Å². The minimum Gasteiger partial charge on any atom is -0.423 e. The fourth-order valence-electron chi connectivity index (χ4n) is 1.54. The van der Waals surface area contributed by atoms with Gasteiger partial charge < -0.3 is 10.0 Å². The van der Waals surface area contributed by atoms with E-state index in [-0.39, 0.29) is 10.5 Å². The average Bonchev–Trinajstić information content (AvgIpc) is 2.71. The average molecular weight is 290 g/mol. The second-order valence-corrected chi connectivity index (χ2v) is 3.80. The molecule has 0 atom stereocenters. The Morgan fingerprint density at radius 2 is 1.95 bits per heavy atom. The number of aromatic nitrogens is 4. The monoisotopic (exact) mass is 290 g/mol. The van der Waals surface area contributed by atoms with Crippen molar-refractivity contribution in [3.63, 3.8) is 0 Å². The standard InChI is InChI=1S/C9H7BF4N4O2/c1-4-16-8(9(12,13)14)18(17-4)7-6(11)5(10(19)20)2-3-15-7/h2-3,19-20H,1H3. The van der Waals surface area contributed by atoms with Gasteiger partial charge in [0, 0.05) is 11.7 Å². The number of hydrogen-bond donors (Lipinski definition) is 2. The van der Waals surface area contributed by atoms with E-state index in [1.54, 1.807) is 0 Å². The molecule has 2 N–H and O–H groups in total. The van der Waals surface area contributed by atoms with Crippen LogP contribution in [0, 0.1) is 12.7 Å². The molecule has 0 aromatic carbocycles. The molecule has 2 aromatic heterocycles. The Kier molecular flexibility index (Phi) is 3.48. The summed E-state index contributed by atoms with van der Waals surface area (Å²) in [5.41, 5.74) is -0.615. The number of nitrogens with zero attached hydrogens (tertiary/aromatic N) is 4. The number of rotatable bonds is 2.